The van der Waals surface area contributed by atoms with E-state index in [1.54, 1.807) is 36.4 Å². The molecule has 0 aromatic heterocycles. The molecule has 0 spiro atoms. The van der Waals surface area contributed by atoms with Gasteiger partial charge in [-0.15, -0.1) is 0 Å². The number of carbonyl (C=O) groups excluding carboxylic acids is 1. The van der Waals surface area contributed by atoms with Gasteiger partial charge in [-0.05, 0) is 24.3 Å². The van der Waals surface area contributed by atoms with Crippen molar-refractivity contribution in [2.24, 2.45) is 0 Å². The van der Waals surface area contributed by atoms with Crippen molar-refractivity contribution < 1.29 is 13.9 Å². The number of nitrogens with zero attached hydrogens (tertiary/aromatic N) is 1. The molecule has 1 heterocycles. The minimum atomic E-state index is -0.372. The Labute approximate surface area is 150 Å². The number of carbonyl (C=O) groups is 1. The summed E-state index contributed by atoms with van der Waals surface area (Å²) in [6, 6.07) is 11.6. The van der Waals surface area contributed by atoms with Gasteiger partial charge in [0.1, 0.15) is 5.82 Å². The van der Waals surface area contributed by atoms with Crippen LogP contribution in [0.5, 0.6) is 0 Å². The Balaban J connectivity index is 1.77. The zero-order valence-corrected chi connectivity index (χ0v) is 14.3. The van der Waals surface area contributed by atoms with E-state index in [4.69, 9.17) is 16.3 Å². The summed E-state index contributed by atoms with van der Waals surface area (Å²) in [7, 11) is 0. The first-order valence-electron chi connectivity index (χ1n) is 8.00. The maximum Gasteiger partial charge on any atom is 0.248 e. The number of benzene rings is 2. The Morgan fingerprint density at radius 2 is 1.92 bits per heavy atom. The fourth-order valence-corrected chi connectivity index (χ4v) is 2.97. The quantitative estimate of drug-likeness (QED) is 0.839. The Morgan fingerprint density at radius 3 is 2.68 bits per heavy atom. The Kier molecular flexibility index (Phi) is 5.68. The molecular formula is C19H18ClFN2O2. The third-order valence-electron chi connectivity index (χ3n) is 3.89. The average molecular weight is 361 g/mol. The van der Waals surface area contributed by atoms with E-state index < -0.39 is 0 Å². The summed E-state index contributed by atoms with van der Waals surface area (Å²) in [5, 5.41) is 3.39. The minimum Gasteiger partial charge on any atom is -0.378 e. The zero-order chi connectivity index (χ0) is 17.6. The molecule has 6 heteroatoms. The summed E-state index contributed by atoms with van der Waals surface area (Å²) in [6.07, 6.45) is 2.76. The van der Waals surface area contributed by atoms with Gasteiger partial charge in [0, 0.05) is 24.7 Å². The number of halogens is 2. The van der Waals surface area contributed by atoms with E-state index in [1.807, 2.05) is 0 Å². The zero-order valence-electron chi connectivity index (χ0n) is 13.5. The highest BCUT2D eigenvalue weighted by molar-refractivity contribution is 6.34. The topological polar surface area (TPSA) is 41.6 Å². The van der Waals surface area contributed by atoms with Crippen LogP contribution < -0.4 is 10.2 Å². The minimum absolute atomic E-state index is 0.347. The summed E-state index contributed by atoms with van der Waals surface area (Å²) in [6.45, 7) is 2.65. The Hall–Kier alpha value is -2.37. The number of rotatable bonds is 4. The van der Waals surface area contributed by atoms with Crippen LogP contribution in [0.4, 0.5) is 15.8 Å². The predicted octanol–water partition coefficient (Wildman–Crippen LogP) is 3.97. The molecule has 1 N–H and O–H groups in total. The summed E-state index contributed by atoms with van der Waals surface area (Å²) >= 11 is 6.34. The second-order valence-corrected chi connectivity index (χ2v) is 5.99. The molecule has 4 nitrogen and oxygen atoms in total. The second kappa shape index (κ2) is 8.14. The number of nitrogens with one attached hydrogen (secondary N) is 1. The normalized spacial score (nSPS) is 14.7. The lowest BCUT2D eigenvalue weighted by atomic mass is 10.2. The first-order chi connectivity index (χ1) is 12.1. The number of anilines is 2. The maximum atomic E-state index is 13.6. The van der Waals surface area contributed by atoms with Crippen LogP contribution in [-0.4, -0.2) is 32.2 Å². The molecule has 0 aliphatic carbocycles. The number of para-hydroxylation sites is 1. The largest absolute Gasteiger partial charge is 0.378 e. The van der Waals surface area contributed by atoms with Crippen molar-refractivity contribution >= 4 is 35.0 Å². The fraction of sp³-hybridized carbons (Fsp3) is 0.211. The van der Waals surface area contributed by atoms with Crippen molar-refractivity contribution in [1.82, 2.24) is 0 Å². The number of hydrogen-bond acceptors (Lipinski definition) is 3. The lowest BCUT2D eigenvalue weighted by Crippen LogP contribution is -2.37. The molecule has 0 atom stereocenters. The maximum absolute atomic E-state index is 13.6. The number of hydrogen-bond donors (Lipinski definition) is 1. The number of amides is 1. The fourth-order valence-electron chi connectivity index (χ4n) is 2.67. The summed E-state index contributed by atoms with van der Waals surface area (Å²) < 4.78 is 19.0. The number of morpholine rings is 1. The molecule has 2 aromatic rings. The smallest absolute Gasteiger partial charge is 0.248 e. The molecule has 0 saturated carbocycles. The molecule has 1 amide bonds. The van der Waals surface area contributed by atoms with Crippen LogP contribution in [0.2, 0.25) is 5.02 Å². The molecule has 0 radical (unpaired) electrons. The van der Waals surface area contributed by atoms with Gasteiger partial charge in [-0.25, -0.2) is 4.39 Å². The van der Waals surface area contributed by atoms with Crippen molar-refractivity contribution in [2.75, 3.05) is 36.5 Å². The monoisotopic (exact) mass is 360 g/mol. The van der Waals surface area contributed by atoms with Crippen LogP contribution in [-0.2, 0) is 9.53 Å². The van der Waals surface area contributed by atoms with Crippen molar-refractivity contribution in [2.45, 2.75) is 0 Å². The van der Waals surface area contributed by atoms with Crippen LogP contribution >= 0.6 is 11.6 Å². The predicted molar refractivity (Wildman–Crippen MR) is 98.5 cm³/mol. The highest BCUT2D eigenvalue weighted by Gasteiger charge is 2.18. The summed E-state index contributed by atoms with van der Waals surface area (Å²) in [5.41, 5.74) is 1.76. The number of ether oxygens (including phenoxy) is 1. The molecule has 0 unspecified atom stereocenters. The van der Waals surface area contributed by atoms with Crippen LogP contribution in [0, 0.1) is 5.82 Å². The first-order valence-corrected chi connectivity index (χ1v) is 8.38. The van der Waals surface area contributed by atoms with Gasteiger partial charge in [-0.1, -0.05) is 35.9 Å². The van der Waals surface area contributed by atoms with E-state index in [2.05, 4.69) is 10.2 Å². The van der Waals surface area contributed by atoms with E-state index >= 15 is 0 Å². The van der Waals surface area contributed by atoms with Gasteiger partial charge in [0.05, 0.1) is 29.6 Å². The van der Waals surface area contributed by atoms with Gasteiger partial charge >= 0.3 is 0 Å². The van der Waals surface area contributed by atoms with E-state index in [-0.39, 0.29) is 11.7 Å². The van der Waals surface area contributed by atoms with Crippen molar-refractivity contribution in [1.29, 1.82) is 0 Å². The lowest BCUT2D eigenvalue weighted by Gasteiger charge is -2.31. The Bertz CT molecular complexity index is 789. The van der Waals surface area contributed by atoms with Crippen molar-refractivity contribution in [3.05, 3.63) is 64.9 Å². The standard InChI is InChI=1S/C19H18ClFN2O2/c20-15-5-3-7-17(19(15)23-10-12-25-13-11-23)22-18(24)9-8-14-4-1-2-6-16(14)21/h1-9H,10-13H2,(H,22,24)/b9-8+. The van der Waals surface area contributed by atoms with Crippen molar-refractivity contribution in [3.8, 4) is 0 Å². The second-order valence-electron chi connectivity index (χ2n) is 5.58. The van der Waals surface area contributed by atoms with Gasteiger partial charge < -0.3 is 15.0 Å². The van der Waals surface area contributed by atoms with E-state index in [1.165, 1.54) is 18.2 Å². The van der Waals surface area contributed by atoms with Gasteiger partial charge in [-0.2, -0.15) is 0 Å². The average Bonchev–Trinajstić information content (AvgIpc) is 2.62. The third kappa shape index (κ3) is 4.38. The highest BCUT2D eigenvalue weighted by atomic mass is 35.5. The molecule has 1 aliphatic rings. The summed E-state index contributed by atoms with van der Waals surface area (Å²) in [5.74, 6) is -0.719. The van der Waals surface area contributed by atoms with Gasteiger partial charge in [0.25, 0.3) is 0 Å². The third-order valence-corrected chi connectivity index (χ3v) is 4.20. The van der Waals surface area contributed by atoms with E-state index in [9.17, 15) is 9.18 Å². The molecule has 1 saturated heterocycles. The highest BCUT2D eigenvalue weighted by Crippen LogP contribution is 2.34. The molecule has 0 bridgehead atoms. The van der Waals surface area contributed by atoms with Crippen LogP contribution in [0.1, 0.15) is 5.56 Å². The van der Waals surface area contributed by atoms with Crippen molar-refractivity contribution in [3.63, 3.8) is 0 Å². The van der Waals surface area contributed by atoms with Crippen LogP contribution in [0.3, 0.4) is 0 Å². The molecule has 1 fully saturated rings. The van der Waals surface area contributed by atoms with Crippen LogP contribution in [0.25, 0.3) is 6.08 Å². The van der Waals surface area contributed by atoms with E-state index in [0.29, 0.717) is 42.6 Å². The molecule has 2 aromatic carbocycles. The SMILES string of the molecule is O=C(/C=C/c1ccccc1F)Nc1cccc(Cl)c1N1CCOCC1. The lowest BCUT2D eigenvalue weighted by molar-refractivity contribution is -0.111. The molecule has 25 heavy (non-hydrogen) atoms. The van der Waals surface area contributed by atoms with Gasteiger partial charge in [0.2, 0.25) is 5.91 Å². The van der Waals surface area contributed by atoms with Gasteiger partial charge in [-0.3, -0.25) is 4.79 Å². The van der Waals surface area contributed by atoms with Crippen LogP contribution in [0.15, 0.2) is 48.5 Å². The van der Waals surface area contributed by atoms with Gasteiger partial charge in [0.15, 0.2) is 0 Å². The Morgan fingerprint density at radius 1 is 1.16 bits per heavy atom. The molecule has 3 rings (SSSR count). The first kappa shape index (κ1) is 17.5. The molecule has 1 aliphatic heterocycles. The summed E-state index contributed by atoms with van der Waals surface area (Å²) in [4.78, 5) is 14.3. The van der Waals surface area contributed by atoms with E-state index in [0.717, 1.165) is 5.69 Å². The molecule has 130 valence electrons. The molecular weight excluding hydrogens is 343 g/mol.